The second-order valence-electron chi connectivity index (χ2n) is 7.18. The van der Waals surface area contributed by atoms with Gasteiger partial charge in [-0.05, 0) is 81.3 Å². The van der Waals surface area contributed by atoms with Gasteiger partial charge in [-0.1, -0.05) is 24.9 Å². The minimum Gasteiger partial charge on any atom is -0.345 e. The molecule has 0 saturated carbocycles. The zero-order valence-electron chi connectivity index (χ0n) is 17.6. The molecule has 8 heteroatoms. The van der Waals surface area contributed by atoms with Crippen molar-refractivity contribution >= 4 is 29.5 Å². The van der Waals surface area contributed by atoms with Gasteiger partial charge in [0.25, 0.3) is 5.91 Å². The Bertz CT molecular complexity index is 1000. The van der Waals surface area contributed by atoms with Crippen molar-refractivity contribution in [1.29, 1.82) is 0 Å². The molecule has 0 aliphatic carbocycles. The van der Waals surface area contributed by atoms with Gasteiger partial charge in [0, 0.05) is 11.2 Å². The molecule has 1 N–H and O–H groups in total. The fourth-order valence-electron chi connectivity index (χ4n) is 3.20. The molecule has 3 rings (SSSR count). The molecule has 0 aliphatic heterocycles. The van der Waals surface area contributed by atoms with Crippen molar-refractivity contribution in [2.75, 3.05) is 14.1 Å². The van der Waals surface area contributed by atoms with Gasteiger partial charge in [-0.25, -0.2) is 9.67 Å². The highest BCUT2D eigenvalue weighted by atomic mass is 35.5. The Labute approximate surface area is 186 Å². The molecule has 3 aromatic rings. The number of carbonyl (C=O) groups excluding carboxylic acids is 1. The smallest absolute Gasteiger partial charge is 0.255 e. The Balaban J connectivity index is 1.81. The van der Waals surface area contributed by atoms with Gasteiger partial charge < -0.3 is 5.32 Å². The van der Waals surface area contributed by atoms with E-state index in [4.69, 9.17) is 11.6 Å². The van der Waals surface area contributed by atoms with Crippen LogP contribution >= 0.6 is 23.5 Å². The van der Waals surface area contributed by atoms with Gasteiger partial charge in [0.2, 0.25) is 0 Å². The van der Waals surface area contributed by atoms with Gasteiger partial charge in [-0.2, -0.15) is 5.10 Å². The average molecular weight is 444 g/mol. The maximum atomic E-state index is 13.1. The fraction of sp³-hybridized carbons (Fsp3) is 0.318. The zero-order chi connectivity index (χ0) is 21.7. The molecule has 0 radical (unpaired) electrons. The summed E-state index contributed by atoms with van der Waals surface area (Å²) in [6, 6.07) is 11.3. The summed E-state index contributed by atoms with van der Waals surface area (Å²) in [5.41, 5.74) is 3.25. The van der Waals surface area contributed by atoms with Gasteiger partial charge in [-0.15, -0.1) is 0 Å². The molecule has 2 aromatic heterocycles. The van der Waals surface area contributed by atoms with Crippen LogP contribution < -0.4 is 5.32 Å². The summed E-state index contributed by atoms with van der Waals surface area (Å²) in [6.45, 7) is 4.00. The summed E-state index contributed by atoms with van der Waals surface area (Å²) < 4.78 is 3.74. The molecule has 1 amide bonds. The highest BCUT2D eigenvalue weighted by Gasteiger charge is 2.20. The quantitative estimate of drug-likeness (QED) is 0.492. The van der Waals surface area contributed by atoms with Crippen molar-refractivity contribution < 1.29 is 4.79 Å². The van der Waals surface area contributed by atoms with Crippen molar-refractivity contribution in [3.05, 3.63) is 70.6 Å². The summed E-state index contributed by atoms with van der Waals surface area (Å²) in [5.74, 6) is -0.134. The van der Waals surface area contributed by atoms with E-state index in [2.05, 4.69) is 22.3 Å². The third-order valence-corrected chi connectivity index (χ3v) is 5.67. The van der Waals surface area contributed by atoms with Crippen LogP contribution in [-0.4, -0.2) is 39.1 Å². The predicted octanol–water partition coefficient (Wildman–Crippen LogP) is 5.07. The van der Waals surface area contributed by atoms with Crippen LogP contribution in [0.25, 0.3) is 5.69 Å². The van der Waals surface area contributed by atoms with Crippen molar-refractivity contribution in [3.63, 3.8) is 0 Å². The molecule has 0 bridgehead atoms. The molecule has 1 aromatic carbocycles. The Morgan fingerprint density at radius 2 is 2.00 bits per heavy atom. The Morgan fingerprint density at radius 1 is 1.27 bits per heavy atom. The zero-order valence-corrected chi connectivity index (χ0v) is 19.2. The van der Waals surface area contributed by atoms with Crippen LogP contribution in [0.5, 0.6) is 0 Å². The molecule has 158 valence electrons. The number of carbonyl (C=O) groups is 1. The lowest BCUT2D eigenvalue weighted by Gasteiger charge is -2.19. The van der Waals surface area contributed by atoms with Crippen LogP contribution in [0.2, 0.25) is 5.02 Å². The lowest BCUT2D eigenvalue weighted by molar-refractivity contribution is 0.0933. The molecule has 1 atom stereocenters. The topological polar surface area (TPSA) is 63.1 Å². The number of hydrogen-bond donors (Lipinski definition) is 1. The Morgan fingerprint density at radius 3 is 2.67 bits per heavy atom. The first-order valence-corrected chi connectivity index (χ1v) is 11.0. The maximum Gasteiger partial charge on any atom is 0.255 e. The standard InChI is InChI=1S/C22H26ClN5OS/c1-5-6-20(16-11-12-24-21(13-16)30-27(3)4)26-22(29)19-14-25-28(15(19)2)18-9-7-17(23)8-10-18/h7-14,20H,5-6H2,1-4H3,(H,26,29). The summed E-state index contributed by atoms with van der Waals surface area (Å²) in [7, 11) is 3.96. The summed E-state index contributed by atoms with van der Waals surface area (Å²) in [6.07, 6.45) is 5.20. The van der Waals surface area contributed by atoms with Crippen LogP contribution in [0.15, 0.2) is 53.8 Å². The number of benzene rings is 1. The van der Waals surface area contributed by atoms with Crippen LogP contribution in [0.1, 0.15) is 47.4 Å². The number of nitrogens with zero attached hydrogens (tertiary/aromatic N) is 4. The number of aromatic nitrogens is 3. The second kappa shape index (κ2) is 10.1. The lowest BCUT2D eigenvalue weighted by atomic mass is 10.0. The van der Waals surface area contributed by atoms with E-state index in [-0.39, 0.29) is 11.9 Å². The van der Waals surface area contributed by atoms with Crippen molar-refractivity contribution in [2.24, 2.45) is 0 Å². The average Bonchev–Trinajstić information content (AvgIpc) is 3.09. The Kier molecular flexibility index (Phi) is 7.53. The molecule has 0 aliphatic rings. The first kappa shape index (κ1) is 22.3. The van der Waals surface area contributed by atoms with E-state index >= 15 is 0 Å². The Hall–Kier alpha value is -2.35. The van der Waals surface area contributed by atoms with Crippen molar-refractivity contribution in [2.45, 2.75) is 37.8 Å². The highest BCUT2D eigenvalue weighted by Crippen LogP contribution is 2.25. The number of halogens is 1. The lowest BCUT2D eigenvalue weighted by Crippen LogP contribution is -2.29. The molecular formula is C22H26ClN5OS. The van der Waals surface area contributed by atoms with E-state index in [0.29, 0.717) is 10.6 Å². The third-order valence-electron chi connectivity index (χ3n) is 4.65. The van der Waals surface area contributed by atoms with E-state index in [0.717, 1.165) is 34.8 Å². The highest BCUT2D eigenvalue weighted by molar-refractivity contribution is 7.96. The van der Waals surface area contributed by atoms with Crippen molar-refractivity contribution in [1.82, 2.24) is 24.4 Å². The minimum absolute atomic E-state index is 0.0923. The summed E-state index contributed by atoms with van der Waals surface area (Å²) in [5, 5.41) is 9.15. The summed E-state index contributed by atoms with van der Waals surface area (Å²) >= 11 is 7.53. The second-order valence-corrected chi connectivity index (χ2v) is 8.95. The van der Waals surface area contributed by atoms with Gasteiger partial charge in [-0.3, -0.25) is 9.10 Å². The molecule has 0 fully saturated rings. The third kappa shape index (κ3) is 5.41. The molecule has 30 heavy (non-hydrogen) atoms. The molecule has 0 spiro atoms. The van der Waals surface area contributed by atoms with Gasteiger partial charge in [0.15, 0.2) is 0 Å². The normalized spacial score (nSPS) is 12.2. The van der Waals surface area contributed by atoms with Crippen LogP contribution in [0.3, 0.4) is 0 Å². The van der Waals surface area contributed by atoms with E-state index in [1.165, 1.54) is 0 Å². The monoisotopic (exact) mass is 443 g/mol. The van der Waals surface area contributed by atoms with Gasteiger partial charge in [0.1, 0.15) is 5.03 Å². The molecular weight excluding hydrogens is 418 g/mol. The maximum absolute atomic E-state index is 13.1. The molecule has 0 saturated heterocycles. The number of rotatable bonds is 8. The number of hydrogen-bond acceptors (Lipinski definition) is 5. The minimum atomic E-state index is -0.134. The number of pyridine rings is 1. The molecule has 1 unspecified atom stereocenters. The van der Waals surface area contributed by atoms with Crippen molar-refractivity contribution in [3.8, 4) is 5.69 Å². The predicted molar refractivity (Wildman–Crippen MR) is 122 cm³/mol. The van der Waals surface area contributed by atoms with Crippen LogP contribution in [0.4, 0.5) is 0 Å². The van der Waals surface area contributed by atoms with Gasteiger partial charge >= 0.3 is 0 Å². The van der Waals surface area contributed by atoms with Crippen LogP contribution in [0, 0.1) is 6.92 Å². The number of amides is 1. The fourth-order valence-corrected chi connectivity index (χ4v) is 4.00. The largest absolute Gasteiger partial charge is 0.345 e. The van der Waals surface area contributed by atoms with E-state index < -0.39 is 0 Å². The first-order chi connectivity index (χ1) is 14.4. The SMILES string of the molecule is CCCC(NC(=O)c1cnn(-c2ccc(Cl)cc2)c1C)c1ccnc(SN(C)C)c1. The number of nitrogens with one attached hydrogen (secondary N) is 1. The summed E-state index contributed by atoms with van der Waals surface area (Å²) in [4.78, 5) is 17.5. The van der Waals surface area contributed by atoms with E-state index in [9.17, 15) is 4.79 Å². The van der Waals surface area contributed by atoms with E-state index in [1.54, 1.807) is 29.0 Å². The first-order valence-electron chi connectivity index (χ1n) is 9.81. The van der Waals surface area contributed by atoms with Gasteiger partial charge in [0.05, 0.1) is 29.2 Å². The molecule has 2 heterocycles. The van der Waals surface area contributed by atoms with E-state index in [1.807, 2.05) is 61.7 Å². The van der Waals surface area contributed by atoms with Crippen LogP contribution in [-0.2, 0) is 0 Å². The molecule has 6 nitrogen and oxygen atoms in total.